The molecule has 1 heterocycles. The molecule has 5 nitrogen and oxygen atoms in total. The standard InChI is InChI=1S/C11H21NO4S/c1-11(2,14)10(13)7-9-5-4-6-12(8-9)17(3,15)16/h9,14H,4-8H2,1-3H3. The maximum Gasteiger partial charge on any atom is 0.211 e. The molecule has 0 saturated carbocycles. The van der Waals surface area contributed by atoms with E-state index in [9.17, 15) is 18.3 Å². The van der Waals surface area contributed by atoms with Gasteiger partial charge >= 0.3 is 0 Å². The lowest BCUT2D eigenvalue weighted by molar-refractivity contribution is -0.135. The van der Waals surface area contributed by atoms with E-state index in [4.69, 9.17) is 0 Å². The van der Waals surface area contributed by atoms with Gasteiger partial charge in [0.15, 0.2) is 5.78 Å². The van der Waals surface area contributed by atoms with Crippen molar-refractivity contribution in [2.24, 2.45) is 5.92 Å². The summed E-state index contributed by atoms with van der Waals surface area (Å²) in [4.78, 5) is 11.7. The van der Waals surface area contributed by atoms with E-state index in [0.717, 1.165) is 12.8 Å². The van der Waals surface area contributed by atoms with Gasteiger partial charge in [-0.2, -0.15) is 0 Å². The maximum atomic E-state index is 11.7. The van der Waals surface area contributed by atoms with Crippen molar-refractivity contribution >= 4 is 15.8 Å². The normalized spacial score (nSPS) is 23.6. The van der Waals surface area contributed by atoms with Gasteiger partial charge in [-0.15, -0.1) is 0 Å². The molecule has 0 aromatic rings. The third-order valence-corrected chi connectivity index (χ3v) is 4.38. The Morgan fingerprint density at radius 1 is 1.47 bits per heavy atom. The number of ketones is 1. The third kappa shape index (κ3) is 4.37. The summed E-state index contributed by atoms with van der Waals surface area (Å²) < 4.78 is 24.2. The summed E-state index contributed by atoms with van der Waals surface area (Å²) in [5.74, 6) is -0.199. The quantitative estimate of drug-likeness (QED) is 0.796. The number of nitrogens with zero attached hydrogens (tertiary/aromatic N) is 1. The maximum absolute atomic E-state index is 11.7. The number of hydrogen-bond acceptors (Lipinski definition) is 4. The lowest BCUT2D eigenvalue weighted by atomic mass is 9.89. The lowest BCUT2D eigenvalue weighted by Crippen LogP contribution is -2.41. The fourth-order valence-corrected chi connectivity index (χ4v) is 2.95. The molecular formula is C11H21NO4S. The first-order valence-corrected chi connectivity index (χ1v) is 7.66. The van der Waals surface area contributed by atoms with Crippen molar-refractivity contribution in [1.29, 1.82) is 0 Å². The van der Waals surface area contributed by atoms with Gasteiger partial charge in [-0.25, -0.2) is 12.7 Å². The second-order valence-electron chi connectivity index (χ2n) is 5.32. The van der Waals surface area contributed by atoms with Crippen molar-refractivity contribution in [2.75, 3.05) is 19.3 Å². The smallest absolute Gasteiger partial charge is 0.211 e. The molecule has 1 fully saturated rings. The van der Waals surface area contributed by atoms with Crippen LogP contribution >= 0.6 is 0 Å². The van der Waals surface area contributed by atoms with Crippen LogP contribution in [0.5, 0.6) is 0 Å². The van der Waals surface area contributed by atoms with Crippen LogP contribution in [0.2, 0.25) is 0 Å². The first-order valence-electron chi connectivity index (χ1n) is 5.81. The summed E-state index contributed by atoms with van der Waals surface area (Å²) in [7, 11) is -3.17. The second-order valence-corrected chi connectivity index (χ2v) is 7.30. The highest BCUT2D eigenvalue weighted by molar-refractivity contribution is 7.88. The van der Waals surface area contributed by atoms with E-state index in [0.29, 0.717) is 13.1 Å². The Bertz CT molecular complexity index is 383. The van der Waals surface area contributed by atoms with Gasteiger partial charge in [-0.1, -0.05) is 0 Å². The van der Waals surface area contributed by atoms with Crippen LogP contribution in [0.15, 0.2) is 0 Å². The fourth-order valence-electron chi connectivity index (χ4n) is 2.01. The highest BCUT2D eigenvalue weighted by Gasteiger charge is 2.31. The summed E-state index contributed by atoms with van der Waals surface area (Å²) >= 11 is 0. The van der Waals surface area contributed by atoms with E-state index < -0.39 is 15.6 Å². The second kappa shape index (κ2) is 5.04. The van der Waals surface area contributed by atoms with Gasteiger partial charge in [0, 0.05) is 19.5 Å². The third-order valence-electron chi connectivity index (χ3n) is 3.11. The van der Waals surface area contributed by atoms with Gasteiger partial charge in [0.25, 0.3) is 0 Å². The molecule has 0 amide bonds. The molecule has 0 bridgehead atoms. The van der Waals surface area contributed by atoms with Crippen molar-refractivity contribution < 1.29 is 18.3 Å². The minimum Gasteiger partial charge on any atom is -0.383 e. The molecule has 0 aromatic heterocycles. The highest BCUT2D eigenvalue weighted by atomic mass is 32.2. The average molecular weight is 263 g/mol. The van der Waals surface area contributed by atoms with Crippen LogP contribution in [-0.2, 0) is 14.8 Å². The van der Waals surface area contributed by atoms with Gasteiger partial charge < -0.3 is 5.11 Å². The van der Waals surface area contributed by atoms with E-state index in [2.05, 4.69) is 0 Å². The zero-order valence-corrected chi connectivity index (χ0v) is 11.5. The number of rotatable bonds is 4. The van der Waals surface area contributed by atoms with E-state index in [-0.39, 0.29) is 18.1 Å². The molecule has 1 N–H and O–H groups in total. The summed E-state index contributed by atoms with van der Waals surface area (Å²) in [6.07, 6.45) is 3.05. The number of Topliss-reactive ketones (excluding diaryl/α,β-unsaturated/α-hetero) is 1. The molecule has 1 saturated heterocycles. The highest BCUT2D eigenvalue weighted by Crippen LogP contribution is 2.23. The van der Waals surface area contributed by atoms with Crippen molar-refractivity contribution in [3.63, 3.8) is 0 Å². The zero-order chi connectivity index (χ0) is 13.3. The van der Waals surface area contributed by atoms with Crippen molar-refractivity contribution in [1.82, 2.24) is 4.31 Å². The van der Waals surface area contributed by atoms with Crippen LogP contribution in [0.1, 0.15) is 33.1 Å². The Labute approximate surface area is 103 Å². The molecule has 0 aromatic carbocycles. The first kappa shape index (κ1) is 14.6. The van der Waals surface area contributed by atoms with Gasteiger partial charge in [0.05, 0.1) is 6.26 Å². The zero-order valence-electron chi connectivity index (χ0n) is 10.6. The summed E-state index contributed by atoms with van der Waals surface area (Å²) in [6, 6.07) is 0. The lowest BCUT2D eigenvalue weighted by Gasteiger charge is -2.31. The predicted octanol–water partition coefficient (Wildman–Crippen LogP) is 0.388. The minimum atomic E-state index is -3.17. The molecule has 1 aliphatic rings. The van der Waals surface area contributed by atoms with Gasteiger partial charge in [-0.3, -0.25) is 4.79 Å². The Morgan fingerprint density at radius 2 is 2.06 bits per heavy atom. The molecule has 0 radical (unpaired) electrons. The first-order chi connectivity index (χ1) is 7.60. The average Bonchev–Trinajstić information content (AvgIpc) is 2.15. The largest absolute Gasteiger partial charge is 0.383 e. The number of sulfonamides is 1. The Hall–Kier alpha value is -0.460. The van der Waals surface area contributed by atoms with Gasteiger partial charge in [0.1, 0.15) is 5.60 Å². The molecule has 0 spiro atoms. The molecule has 6 heteroatoms. The van der Waals surface area contributed by atoms with Crippen LogP contribution < -0.4 is 0 Å². The molecule has 100 valence electrons. The number of aliphatic hydroxyl groups is 1. The Balaban J connectivity index is 2.60. The monoisotopic (exact) mass is 263 g/mol. The van der Waals surface area contributed by atoms with Crippen LogP contribution in [0.25, 0.3) is 0 Å². The SMILES string of the molecule is CC(C)(O)C(=O)CC1CCCN(S(C)(=O)=O)C1. The Kier molecular flexibility index (Phi) is 4.33. The van der Waals surface area contributed by atoms with E-state index in [1.165, 1.54) is 24.4 Å². The number of carbonyl (C=O) groups excluding carboxylic acids is 1. The van der Waals surface area contributed by atoms with Crippen molar-refractivity contribution in [2.45, 2.75) is 38.7 Å². The fraction of sp³-hybridized carbons (Fsp3) is 0.909. The number of carbonyl (C=O) groups is 1. The summed E-state index contributed by atoms with van der Waals surface area (Å²) in [5.41, 5.74) is -1.33. The van der Waals surface area contributed by atoms with E-state index in [1.807, 2.05) is 0 Å². The molecule has 0 aliphatic carbocycles. The summed E-state index contributed by atoms with van der Waals surface area (Å²) in [5, 5.41) is 9.56. The summed E-state index contributed by atoms with van der Waals surface area (Å²) in [6.45, 7) is 3.85. The molecule has 1 atom stereocenters. The molecular weight excluding hydrogens is 242 g/mol. The molecule has 1 rings (SSSR count). The van der Waals surface area contributed by atoms with E-state index >= 15 is 0 Å². The van der Waals surface area contributed by atoms with Crippen molar-refractivity contribution in [3.8, 4) is 0 Å². The number of hydrogen-bond donors (Lipinski definition) is 1. The van der Waals surface area contributed by atoms with Crippen molar-refractivity contribution in [3.05, 3.63) is 0 Å². The molecule has 1 unspecified atom stereocenters. The van der Waals surface area contributed by atoms with Crippen LogP contribution in [0.4, 0.5) is 0 Å². The Morgan fingerprint density at radius 3 is 2.53 bits per heavy atom. The van der Waals surface area contributed by atoms with Gasteiger partial charge in [-0.05, 0) is 32.6 Å². The van der Waals surface area contributed by atoms with Crippen LogP contribution in [-0.4, -0.2) is 48.6 Å². The molecule has 1 aliphatic heterocycles. The minimum absolute atomic E-state index is 0.0254. The molecule has 17 heavy (non-hydrogen) atoms. The predicted molar refractivity (Wildman–Crippen MR) is 65.1 cm³/mol. The topological polar surface area (TPSA) is 74.7 Å². The van der Waals surface area contributed by atoms with Crippen LogP contribution in [0, 0.1) is 5.92 Å². The number of piperidine rings is 1. The van der Waals surface area contributed by atoms with Crippen LogP contribution in [0.3, 0.4) is 0 Å². The van der Waals surface area contributed by atoms with E-state index in [1.54, 1.807) is 0 Å². The van der Waals surface area contributed by atoms with Gasteiger partial charge in [0.2, 0.25) is 10.0 Å².